The van der Waals surface area contributed by atoms with Crippen LogP contribution in [0.25, 0.3) is 0 Å². The Balaban J connectivity index is 2.14. The molecule has 0 saturated carbocycles. The monoisotopic (exact) mass is 273 g/mol. The summed E-state index contributed by atoms with van der Waals surface area (Å²) < 4.78 is 16.2. The largest absolute Gasteiger partial charge is 0.497 e. The molecule has 2 aromatic carbocycles. The van der Waals surface area contributed by atoms with Gasteiger partial charge in [0.1, 0.15) is 23.4 Å². The summed E-state index contributed by atoms with van der Waals surface area (Å²) in [5, 5.41) is 0. The molecule has 0 aliphatic heterocycles. The summed E-state index contributed by atoms with van der Waals surface area (Å²) in [6.45, 7) is 0.388. The first kappa shape index (κ1) is 14.2. The van der Waals surface area contributed by atoms with E-state index in [2.05, 4.69) is 0 Å². The van der Waals surface area contributed by atoms with Crippen LogP contribution in [0.15, 0.2) is 48.5 Å². The van der Waals surface area contributed by atoms with Gasteiger partial charge in [-0.25, -0.2) is 0 Å². The van der Waals surface area contributed by atoms with Gasteiger partial charge in [0.15, 0.2) is 0 Å². The van der Waals surface area contributed by atoms with Crippen LogP contribution < -0.4 is 19.9 Å². The summed E-state index contributed by atoms with van der Waals surface area (Å²) in [4.78, 5) is 0. The Morgan fingerprint density at radius 1 is 0.900 bits per heavy atom. The van der Waals surface area contributed by atoms with E-state index in [1.807, 2.05) is 48.5 Å². The molecule has 0 amide bonds. The Morgan fingerprint density at radius 3 is 2.15 bits per heavy atom. The first-order valence-electron chi connectivity index (χ1n) is 6.41. The molecule has 20 heavy (non-hydrogen) atoms. The zero-order valence-electron chi connectivity index (χ0n) is 11.7. The maximum Gasteiger partial charge on any atom is 0.136 e. The van der Waals surface area contributed by atoms with Gasteiger partial charge < -0.3 is 19.9 Å². The van der Waals surface area contributed by atoms with Crippen LogP contribution in [0.1, 0.15) is 11.7 Å². The Labute approximate surface area is 119 Å². The standard InChI is InChI=1S/C16H19NO3/c1-18-13-6-8-14(9-7-13)20-16(11-17)12-4-3-5-15(10-12)19-2/h3-10,16H,11,17H2,1-2H3. The van der Waals surface area contributed by atoms with Gasteiger partial charge in [0.05, 0.1) is 14.2 Å². The van der Waals surface area contributed by atoms with E-state index in [1.165, 1.54) is 0 Å². The average molecular weight is 273 g/mol. The maximum absolute atomic E-state index is 5.91. The van der Waals surface area contributed by atoms with E-state index >= 15 is 0 Å². The van der Waals surface area contributed by atoms with Gasteiger partial charge in [0.25, 0.3) is 0 Å². The molecule has 0 aliphatic carbocycles. The molecular formula is C16H19NO3. The number of benzene rings is 2. The second-order valence-corrected chi connectivity index (χ2v) is 4.29. The molecule has 4 heteroatoms. The maximum atomic E-state index is 5.91. The number of ether oxygens (including phenoxy) is 3. The second kappa shape index (κ2) is 6.82. The quantitative estimate of drug-likeness (QED) is 0.879. The number of hydrogen-bond donors (Lipinski definition) is 1. The van der Waals surface area contributed by atoms with Gasteiger partial charge in [0.2, 0.25) is 0 Å². The van der Waals surface area contributed by atoms with Crippen molar-refractivity contribution >= 4 is 0 Å². The Bertz CT molecular complexity index is 540. The molecule has 2 rings (SSSR count). The number of rotatable bonds is 6. The van der Waals surface area contributed by atoms with Crippen LogP contribution in [0.4, 0.5) is 0 Å². The van der Waals surface area contributed by atoms with Crippen molar-refractivity contribution in [1.29, 1.82) is 0 Å². The minimum absolute atomic E-state index is 0.210. The van der Waals surface area contributed by atoms with Gasteiger partial charge in [-0.2, -0.15) is 0 Å². The smallest absolute Gasteiger partial charge is 0.136 e. The molecule has 0 heterocycles. The lowest BCUT2D eigenvalue weighted by atomic mass is 10.1. The summed E-state index contributed by atoms with van der Waals surface area (Å²) in [5.41, 5.74) is 6.80. The molecule has 4 nitrogen and oxygen atoms in total. The predicted molar refractivity (Wildman–Crippen MR) is 78.4 cm³/mol. The predicted octanol–water partition coefficient (Wildman–Crippen LogP) is 2.78. The highest BCUT2D eigenvalue weighted by molar-refractivity contribution is 5.34. The van der Waals surface area contributed by atoms with Gasteiger partial charge >= 0.3 is 0 Å². The van der Waals surface area contributed by atoms with E-state index in [0.29, 0.717) is 6.54 Å². The molecule has 0 saturated heterocycles. The van der Waals surface area contributed by atoms with Gasteiger partial charge in [-0.1, -0.05) is 12.1 Å². The minimum atomic E-state index is -0.210. The Kier molecular flexibility index (Phi) is 4.85. The molecule has 0 bridgehead atoms. The molecule has 2 aromatic rings. The lowest BCUT2D eigenvalue weighted by molar-refractivity contribution is 0.213. The van der Waals surface area contributed by atoms with E-state index in [1.54, 1.807) is 14.2 Å². The molecule has 0 aliphatic rings. The fourth-order valence-electron chi connectivity index (χ4n) is 1.91. The summed E-state index contributed by atoms with van der Waals surface area (Å²) in [5.74, 6) is 2.34. The highest BCUT2D eigenvalue weighted by Crippen LogP contribution is 2.25. The molecule has 0 fully saturated rings. The molecule has 0 spiro atoms. The Morgan fingerprint density at radius 2 is 1.55 bits per heavy atom. The van der Waals surface area contributed by atoms with Crippen LogP contribution in [0.5, 0.6) is 17.2 Å². The molecule has 2 N–H and O–H groups in total. The molecule has 0 radical (unpaired) electrons. The van der Waals surface area contributed by atoms with Crippen LogP contribution in [0, 0.1) is 0 Å². The van der Waals surface area contributed by atoms with Gasteiger partial charge in [0, 0.05) is 6.54 Å². The zero-order chi connectivity index (χ0) is 14.4. The first-order chi connectivity index (χ1) is 9.76. The number of methoxy groups -OCH3 is 2. The summed E-state index contributed by atoms with van der Waals surface area (Å²) in [6, 6.07) is 15.2. The van der Waals surface area contributed by atoms with Crippen LogP contribution in [-0.2, 0) is 0 Å². The van der Waals surface area contributed by atoms with Crippen LogP contribution in [0.3, 0.4) is 0 Å². The molecule has 106 valence electrons. The van der Waals surface area contributed by atoms with Gasteiger partial charge in [-0.05, 0) is 42.0 Å². The third kappa shape index (κ3) is 3.42. The van der Waals surface area contributed by atoms with E-state index in [0.717, 1.165) is 22.8 Å². The third-order valence-corrected chi connectivity index (χ3v) is 3.02. The zero-order valence-corrected chi connectivity index (χ0v) is 11.7. The van der Waals surface area contributed by atoms with Crippen molar-refractivity contribution in [1.82, 2.24) is 0 Å². The van der Waals surface area contributed by atoms with Gasteiger partial charge in [-0.15, -0.1) is 0 Å². The molecule has 0 aromatic heterocycles. The first-order valence-corrected chi connectivity index (χ1v) is 6.41. The van der Waals surface area contributed by atoms with E-state index in [9.17, 15) is 0 Å². The summed E-state index contributed by atoms with van der Waals surface area (Å²) >= 11 is 0. The SMILES string of the molecule is COc1ccc(OC(CN)c2cccc(OC)c2)cc1. The molecule has 1 atom stereocenters. The molecular weight excluding hydrogens is 254 g/mol. The molecule has 1 unspecified atom stereocenters. The fourth-order valence-corrected chi connectivity index (χ4v) is 1.91. The van der Waals surface area contributed by atoms with Crippen molar-refractivity contribution in [3.05, 3.63) is 54.1 Å². The summed E-state index contributed by atoms with van der Waals surface area (Å²) in [6.07, 6.45) is -0.210. The van der Waals surface area contributed by atoms with E-state index < -0.39 is 0 Å². The lowest BCUT2D eigenvalue weighted by Crippen LogP contribution is -2.18. The number of hydrogen-bond acceptors (Lipinski definition) is 4. The third-order valence-electron chi connectivity index (χ3n) is 3.02. The highest BCUT2D eigenvalue weighted by atomic mass is 16.5. The minimum Gasteiger partial charge on any atom is -0.497 e. The fraction of sp³-hybridized carbons (Fsp3) is 0.250. The lowest BCUT2D eigenvalue weighted by Gasteiger charge is -2.18. The average Bonchev–Trinajstić information content (AvgIpc) is 2.53. The van der Waals surface area contributed by atoms with E-state index in [4.69, 9.17) is 19.9 Å². The van der Waals surface area contributed by atoms with Crippen molar-refractivity contribution in [2.75, 3.05) is 20.8 Å². The number of nitrogens with two attached hydrogens (primary N) is 1. The van der Waals surface area contributed by atoms with Crippen LogP contribution in [0.2, 0.25) is 0 Å². The Hall–Kier alpha value is -2.20. The van der Waals surface area contributed by atoms with Crippen molar-refractivity contribution in [3.63, 3.8) is 0 Å². The normalized spacial score (nSPS) is 11.8. The van der Waals surface area contributed by atoms with Crippen molar-refractivity contribution in [2.45, 2.75) is 6.10 Å². The summed E-state index contributed by atoms with van der Waals surface area (Å²) in [7, 11) is 3.27. The van der Waals surface area contributed by atoms with E-state index in [-0.39, 0.29) is 6.10 Å². The van der Waals surface area contributed by atoms with Crippen molar-refractivity contribution in [2.24, 2.45) is 5.73 Å². The van der Waals surface area contributed by atoms with Crippen LogP contribution in [-0.4, -0.2) is 20.8 Å². The van der Waals surface area contributed by atoms with Gasteiger partial charge in [-0.3, -0.25) is 0 Å². The second-order valence-electron chi connectivity index (χ2n) is 4.29. The highest BCUT2D eigenvalue weighted by Gasteiger charge is 2.12. The van der Waals surface area contributed by atoms with Crippen molar-refractivity contribution in [3.8, 4) is 17.2 Å². The topological polar surface area (TPSA) is 53.7 Å². The van der Waals surface area contributed by atoms with Crippen LogP contribution >= 0.6 is 0 Å². The van der Waals surface area contributed by atoms with Crippen molar-refractivity contribution < 1.29 is 14.2 Å².